The number of thiophene rings is 1. The van der Waals surface area contributed by atoms with Gasteiger partial charge >= 0.3 is 0 Å². The first kappa shape index (κ1) is 16.6. The Kier molecular flexibility index (Phi) is 5.28. The van der Waals surface area contributed by atoms with Crippen LogP contribution in [0.25, 0.3) is 16.9 Å². The minimum atomic E-state index is 1.15. The predicted molar refractivity (Wildman–Crippen MR) is 105 cm³/mol. The SMILES string of the molecule is c1cc(CCCN2CCCCC2)cc(-c2cncn2-c2ccsc2)c1. The Bertz CT molecular complexity index is 785. The molecule has 0 N–H and O–H groups in total. The molecule has 4 rings (SSSR count). The predicted octanol–water partition coefficient (Wildman–Crippen LogP) is 5.02. The molecule has 0 spiro atoms. The molecular weight excluding hydrogens is 326 g/mol. The van der Waals surface area contributed by atoms with Gasteiger partial charge in [-0.2, -0.15) is 11.3 Å². The number of aryl methyl sites for hydroxylation is 1. The maximum Gasteiger partial charge on any atom is 0.0997 e. The standard InChI is InChI=1S/C21H25N3S/c1-2-10-23(11-3-1)12-5-7-18-6-4-8-19(14-18)21-15-22-17-24(21)20-9-13-25-16-20/h4,6,8-9,13-17H,1-3,5,7,10-12H2. The number of rotatable bonds is 6. The van der Waals surface area contributed by atoms with E-state index in [0.717, 1.165) is 12.1 Å². The number of aromatic nitrogens is 2. The number of hydrogen-bond donors (Lipinski definition) is 0. The smallest absolute Gasteiger partial charge is 0.0997 e. The molecular formula is C21H25N3S. The monoisotopic (exact) mass is 351 g/mol. The number of likely N-dealkylation sites (tertiary alicyclic amines) is 1. The lowest BCUT2D eigenvalue weighted by Gasteiger charge is -2.26. The highest BCUT2D eigenvalue weighted by Gasteiger charge is 2.10. The lowest BCUT2D eigenvalue weighted by atomic mass is 10.0. The van der Waals surface area contributed by atoms with Gasteiger partial charge in [-0.1, -0.05) is 24.6 Å². The van der Waals surface area contributed by atoms with Crippen molar-refractivity contribution in [2.75, 3.05) is 19.6 Å². The molecule has 0 bridgehead atoms. The van der Waals surface area contributed by atoms with E-state index >= 15 is 0 Å². The van der Waals surface area contributed by atoms with Gasteiger partial charge in [0.05, 0.1) is 23.9 Å². The van der Waals surface area contributed by atoms with Crippen LogP contribution in [0.15, 0.2) is 53.6 Å². The Morgan fingerprint density at radius 1 is 1.08 bits per heavy atom. The van der Waals surface area contributed by atoms with E-state index in [1.54, 1.807) is 11.3 Å². The Hall–Kier alpha value is -1.91. The van der Waals surface area contributed by atoms with E-state index < -0.39 is 0 Å². The van der Waals surface area contributed by atoms with Crippen LogP contribution in [0.3, 0.4) is 0 Å². The molecule has 2 aromatic heterocycles. The van der Waals surface area contributed by atoms with Crippen LogP contribution in [-0.2, 0) is 6.42 Å². The molecule has 130 valence electrons. The number of nitrogens with zero attached hydrogens (tertiary/aromatic N) is 3. The molecule has 1 fully saturated rings. The van der Waals surface area contributed by atoms with Crippen molar-refractivity contribution in [2.24, 2.45) is 0 Å². The zero-order valence-electron chi connectivity index (χ0n) is 14.6. The first-order chi connectivity index (χ1) is 12.4. The summed E-state index contributed by atoms with van der Waals surface area (Å²) in [5.41, 5.74) is 5.02. The van der Waals surface area contributed by atoms with Crippen LogP contribution < -0.4 is 0 Å². The van der Waals surface area contributed by atoms with Crippen molar-refractivity contribution in [2.45, 2.75) is 32.1 Å². The number of benzene rings is 1. The topological polar surface area (TPSA) is 21.1 Å². The average molecular weight is 352 g/mol. The molecule has 1 aliphatic heterocycles. The van der Waals surface area contributed by atoms with Gasteiger partial charge in [-0.25, -0.2) is 4.98 Å². The third kappa shape index (κ3) is 4.02. The summed E-state index contributed by atoms with van der Waals surface area (Å²) in [5, 5.41) is 4.27. The summed E-state index contributed by atoms with van der Waals surface area (Å²) in [6.45, 7) is 3.82. The first-order valence-corrected chi connectivity index (χ1v) is 10.2. The largest absolute Gasteiger partial charge is 0.303 e. The summed E-state index contributed by atoms with van der Waals surface area (Å²) in [6, 6.07) is 11.1. The van der Waals surface area contributed by atoms with Crippen LogP contribution in [0.5, 0.6) is 0 Å². The second-order valence-corrected chi connectivity index (χ2v) is 7.62. The summed E-state index contributed by atoms with van der Waals surface area (Å²) in [7, 11) is 0. The normalized spacial score (nSPS) is 15.5. The van der Waals surface area contributed by atoms with E-state index in [0.29, 0.717) is 0 Å². The highest BCUT2D eigenvalue weighted by molar-refractivity contribution is 7.08. The van der Waals surface area contributed by atoms with Gasteiger partial charge in [-0.3, -0.25) is 4.57 Å². The second kappa shape index (κ2) is 7.98. The fraction of sp³-hybridized carbons (Fsp3) is 0.381. The lowest BCUT2D eigenvalue weighted by molar-refractivity contribution is 0.226. The maximum atomic E-state index is 4.37. The zero-order valence-corrected chi connectivity index (χ0v) is 15.4. The van der Waals surface area contributed by atoms with Crippen LogP contribution in [-0.4, -0.2) is 34.1 Å². The minimum Gasteiger partial charge on any atom is -0.303 e. The molecule has 0 unspecified atom stereocenters. The third-order valence-electron chi connectivity index (χ3n) is 5.03. The van der Waals surface area contributed by atoms with E-state index in [1.807, 2.05) is 12.5 Å². The highest BCUT2D eigenvalue weighted by atomic mass is 32.1. The fourth-order valence-corrected chi connectivity index (χ4v) is 4.31. The van der Waals surface area contributed by atoms with Gasteiger partial charge in [0.2, 0.25) is 0 Å². The van der Waals surface area contributed by atoms with E-state index in [-0.39, 0.29) is 0 Å². The Morgan fingerprint density at radius 2 is 2.00 bits per heavy atom. The Morgan fingerprint density at radius 3 is 2.84 bits per heavy atom. The van der Waals surface area contributed by atoms with Gasteiger partial charge in [0.25, 0.3) is 0 Å². The summed E-state index contributed by atoms with van der Waals surface area (Å²) in [5.74, 6) is 0. The van der Waals surface area contributed by atoms with Gasteiger partial charge in [-0.05, 0) is 68.4 Å². The molecule has 0 saturated carbocycles. The van der Waals surface area contributed by atoms with Gasteiger partial charge in [-0.15, -0.1) is 0 Å². The molecule has 3 aromatic rings. The van der Waals surface area contributed by atoms with Crippen LogP contribution in [0, 0.1) is 0 Å². The number of piperidine rings is 1. The van der Waals surface area contributed by atoms with E-state index in [2.05, 4.69) is 55.5 Å². The van der Waals surface area contributed by atoms with E-state index in [1.165, 1.54) is 62.1 Å². The molecule has 0 amide bonds. The van der Waals surface area contributed by atoms with Crippen LogP contribution in [0.4, 0.5) is 0 Å². The average Bonchev–Trinajstić information content (AvgIpc) is 3.34. The van der Waals surface area contributed by atoms with Crippen molar-refractivity contribution >= 4 is 11.3 Å². The van der Waals surface area contributed by atoms with Crippen LogP contribution in [0.2, 0.25) is 0 Å². The molecule has 1 aromatic carbocycles. The van der Waals surface area contributed by atoms with Gasteiger partial charge in [0, 0.05) is 10.9 Å². The fourth-order valence-electron chi connectivity index (χ4n) is 3.68. The molecule has 0 radical (unpaired) electrons. The van der Waals surface area contributed by atoms with Crippen molar-refractivity contribution in [1.82, 2.24) is 14.5 Å². The summed E-state index contributed by atoms with van der Waals surface area (Å²) < 4.78 is 2.17. The van der Waals surface area contributed by atoms with Crippen LogP contribution >= 0.6 is 11.3 Å². The maximum absolute atomic E-state index is 4.37. The molecule has 0 aliphatic carbocycles. The van der Waals surface area contributed by atoms with E-state index in [4.69, 9.17) is 0 Å². The Labute approximate surface area is 153 Å². The number of hydrogen-bond acceptors (Lipinski definition) is 3. The lowest BCUT2D eigenvalue weighted by Crippen LogP contribution is -2.30. The van der Waals surface area contributed by atoms with Crippen molar-refractivity contribution in [3.8, 4) is 16.9 Å². The van der Waals surface area contributed by atoms with Crippen LogP contribution in [0.1, 0.15) is 31.2 Å². The first-order valence-electron chi connectivity index (χ1n) is 9.27. The van der Waals surface area contributed by atoms with Crippen molar-refractivity contribution in [1.29, 1.82) is 0 Å². The van der Waals surface area contributed by atoms with Crippen molar-refractivity contribution in [3.05, 3.63) is 59.2 Å². The second-order valence-electron chi connectivity index (χ2n) is 6.84. The van der Waals surface area contributed by atoms with Crippen molar-refractivity contribution in [3.63, 3.8) is 0 Å². The highest BCUT2D eigenvalue weighted by Crippen LogP contribution is 2.25. The molecule has 25 heavy (non-hydrogen) atoms. The summed E-state index contributed by atoms with van der Waals surface area (Å²) >= 11 is 1.72. The molecule has 1 aliphatic rings. The quantitative estimate of drug-likeness (QED) is 0.622. The zero-order chi connectivity index (χ0) is 16.9. The number of imidazole rings is 1. The van der Waals surface area contributed by atoms with E-state index in [9.17, 15) is 0 Å². The molecule has 0 atom stereocenters. The molecule has 3 nitrogen and oxygen atoms in total. The molecule has 3 heterocycles. The summed E-state index contributed by atoms with van der Waals surface area (Å²) in [4.78, 5) is 6.99. The Balaban J connectivity index is 1.44. The van der Waals surface area contributed by atoms with Gasteiger partial charge in [0.15, 0.2) is 0 Å². The summed E-state index contributed by atoms with van der Waals surface area (Å²) in [6.07, 6.45) is 10.4. The van der Waals surface area contributed by atoms with Gasteiger partial charge < -0.3 is 4.90 Å². The minimum absolute atomic E-state index is 1.15. The van der Waals surface area contributed by atoms with Crippen molar-refractivity contribution < 1.29 is 0 Å². The molecule has 4 heteroatoms. The third-order valence-corrected chi connectivity index (χ3v) is 5.70. The van der Waals surface area contributed by atoms with Gasteiger partial charge in [0.1, 0.15) is 0 Å². The molecule has 1 saturated heterocycles.